The zero-order valence-corrected chi connectivity index (χ0v) is 40.0. The Morgan fingerprint density at radius 1 is 0.957 bits per heavy atom. The lowest BCUT2D eigenvalue weighted by atomic mass is 10.0. The van der Waals surface area contributed by atoms with E-state index in [0.717, 1.165) is 67.0 Å². The molecular weight excluding hydrogens is 900 g/mol. The highest BCUT2D eigenvalue weighted by molar-refractivity contribution is 6.34. The average Bonchev–Trinajstić information content (AvgIpc) is 4.10. The van der Waals surface area contributed by atoms with Gasteiger partial charge in [-0.05, 0) is 58.2 Å². The number of ether oxygens (including phenoxy) is 1. The van der Waals surface area contributed by atoms with E-state index in [2.05, 4.69) is 67.5 Å². The first-order valence-electron chi connectivity index (χ1n) is 22.9. The van der Waals surface area contributed by atoms with Crippen molar-refractivity contribution in [3.05, 3.63) is 97.8 Å². The van der Waals surface area contributed by atoms with Crippen LogP contribution in [0.2, 0.25) is 5.15 Å². The highest BCUT2D eigenvalue weighted by Gasteiger charge is 2.26. The second-order valence-electron chi connectivity index (χ2n) is 17.5. The van der Waals surface area contributed by atoms with Gasteiger partial charge in [-0.15, -0.1) is 5.10 Å². The summed E-state index contributed by atoms with van der Waals surface area (Å²) in [6, 6.07) is 3.85. The molecule has 1 amide bonds. The number of piperazine rings is 1. The van der Waals surface area contributed by atoms with Gasteiger partial charge in [0.05, 0.1) is 73.6 Å². The van der Waals surface area contributed by atoms with E-state index in [-0.39, 0.29) is 53.0 Å². The van der Waals surface area contributed by atoms with Crippen LogP contribution in [0.3, 0.4) is 0 Å². The summed E-state index contributed by atoms with van der Waals surface area (Å²) in [6.07, 6.45) is 13.2. The van der Waals surface area contributed by atoms with E-state index in [1.165, 1.54) is 6.92 Å². The third kappa shape index (κ3) is 9.92. The van der Waals surface area contributed by atoms with Gasteiger partial charge in [0.1, 0.15) is 33.7 Å². The Balaban J connectivity index is 0.743. The first kappa shape index (κ1) is 46.6. The van der Waals surface area contributed by atoms with Crippen LogP contribution >= 0.6 is 11.6 Å². The van der Waals surface area contributed by atoms with Gasteiger partial charge in [0, 0.05) is 73.7 Å². The minimum absolute atomic E-state index is 0.00835. The number of carbonyl (C=O) groups is 2. The molecule has 1 saturated carbocycles. The SMILES string of the molecule is COc1c(C)cnc(Cn2cc(C#CCCn3cc(CNC(=O)CN4CCN(c5ccc(Nc6ncc7c(C)c(C(C)=O)c(=O)n(C8CCCC8)c7n6)nc5)CC4)nn3)c3c(Cl)nc(N)nc32)c1C. The third-order valence-electron chi connectivity index (χ3n) is 12.8. The summed E-state index contributed by atoms with van der Waals surface area (Å²) in [6.45, 7) is 11.4. The summed E-state index contributed by atoms with van der Waals surface area (Å²) in [5, 5.41) is 16.2. The maximum absolute atomic E-state index is 13.6. The van der Waals surface area contributed by atoms with E-state index in [1.807, 2.05) is 36.7 Å². The van der Waals surface area contributed by atoms with Gasteiger partial charge in [0.15, 0.2) is 5.78 Å². The molecule has 4 N–H and O–H groups in total. The number of nitrogens with two attached hydrogens (primary N) is 1. The number of amides is 1. The van der Waals surface area contributed by atoms with Crippen molar-refractivity contribution in [1.29, 1.82) is 0 Å². The Bertz CT molecular complexity index is 3210. The summed E-state index contributed by atoms with van der Waals surface area (Å²) < 4.78 is 10.9. The van der Waals surface area contributed by atoms with Gasteiger partial charge in [-0.2, -0.15) is 9.97 Å². The van der Waals surface area contributed by atoms with Crippen LogP contribution in [0.25, 0.3) is 22.1 Å². The van der Waals surface area contributed by atoms with Crippen LogP contribution in [0.4, 0.5) is 23.4 Å². The fourth-order valence-electron chi connectivity index (χ4n) is 9.31. The van der Waals surface area contributed by atoms with Crippen LogP contribution in [-0.2, 0) is 24.4 Å². The van der Waals surface area contributed by atoms with Crippen LogP contribution in [0.1, 0.15) is 89.1 Å². The zero-order valence-electron chi connectivity index (χ0n) is 39.2. The first-order valence-corrected chi connectivity index (χ1v) is 23.3. The number of nitrogens with one attached hydrogen (secondary N) is 2. The van der Waals surface area contributed by atoms with Crippen LogP contribution in [-0.4, -0.2) is 110 Å². The Hall–Kier alpha value is -7.50. The summed E-state index contributed by atoms with van der Waals surface area (Å²) in [5.41, 5.74) is 12.5. The number of fused-ring (bicyclic) bond motifs is 2. The van der Waals surface area contributed by atoms with E-state index in [9.17, 15) is 14.4 Å². The van der Waals surface area contributed by atoms with Gasteiger partial charge < -0.3 is 30.6 Å². The number of halogens is 1. The number of rotatable bonds is 14. The number of aryl methyl sites for hydroxylation is 3. The van der Waals surface area contributed by atoms with Gasteiger partial charge >= 0.3 is 0 Å². The minimum atomic E-state index is -0.289. The number of aromatic nitrogens is 11. The first-order chi connectivity index (χ1) is 33.3. The predicted octanol–water partition coefficient (Wildman–Crippen LogP) is 5.08. The maximum Gasteiger partial charge on any atom is 0.263 e. The fraction of sp³-hybridized carbons (Fsp3) is 0.396. The normalized spacial score (nSPS) is 14.3. The highest BCUT2D eigenvalue weighted by atomic mass is 35.5. The van der Waals surface area contributed by atoms with Gasteiger partial charge in [0.2, 0.25) is 17.8 Å². The molecule has 7 aromatic rings. The molecule has 1 saturated heterocycles. The number of carbonyl (C=O) groups excluding carboxylic acids is 2. The Labute approximate surface area is 402 Å². The van der Waals surface area contributed by atoms with Crippen LogP contribution in [0.5, 0.6) is 5.75 Å². The number of nitrogen functional groups attached to an aromatic ring is 1. The van der Waals surface area contributed by atoms with Crippen molar-refractivity contribution in [1.82, 2.24) is 64.2 Å². The van der Waals surface area contributed by atoms with Gasteiger partial charge in [0.25, 0.3) is 5.56 Å². The number of ketones is 1. The largest absolute Gasteiger partial charge is 0.496 e. The number of nitrogens with zero attached hydrogens (tertiary/aromatic N) is 13. The van der Waals surface area contributed by atoms with Crippen molar-refractivity contribution in [3.63, 3.8) is 0 Å². The summed E-state index contributed by atoms with van der Waals surface area (Å²) in [7, 11) is 1.65. The number of hydrogen-bond acceptors (Lipinski definition) is 16. The molecule has 9 rings (SSSR count). The van der Waals surface area contributed by atoms with Crippen molar-refractivity contribution in [2.24, 2.45) is 0 Å². The van der Waals surface area contributed by atoms with Gasteiger partial charge in [-0.1, -0.05) is 41.5 Å². The van der Waals surface area contributed by atoms with Crippen molar-refractivity contribution in [3.8, 4) is 17.6 Å². The van der Waals surface area contributed by atoms with E-state index in [0.29, 0.717) is 83.3 Å². The smallest absolute Gasteiger partial charge is 0.263 e. The number of pyridine rings is 3. The molecule has 356 valence electrons. The molecule has 0 spiro atoms. The van der Waals surface area contributed by atoms with Crippen molar-refractivity contribution < 1.29 is 14.3 Å². The molecule has 0 aromatic carbocycles. The number of hydrogen-bond donors (Lipinski definition) is 3. The highest BCUT2D eigenvalue weighted by Crippen LogP contribution is 2.33. The predicted molar refractivity (Wildman–Crippen MR) is 262 cm³/mol. The summed E-state index contributed by atoms with van der Waals surface area (Å²) in [5.74, 6) is 7.81. The van der Waals surface area contributed by atoms with Crippen LogP contribution in [0.15, 0.2) is 47.9 Å². The molecule has 0 unspecified atom stereocenters. The lowest BCUT2D eigenvalue weighted by Crippen LogP contribution is -2.49. The molecule has 20 nitrogen and oxygen atoms in total. The second-order valence-corrected chi connectivity index (χ2v) is 17.8. The molecule has 1 aliphatic carbocycles. The molecule has 2 aliphatic rings. The van der Waals surface area contributed by atoms with Gasteiger partial charge in [-0.25, -0.2) is 15.0 Å². The molecule has 0 bridgehead atoms. The van der Waals surface area contributed by atoms with Crippen LogP contribution in [0, 0.1) is 32.6 Å². The van der Waals surface area contributed by atoms with Crippen molar-refractivity contribution in [2.75, 3.05) is 55.8 Å². The van der Waals surface area contributed by atoms with E-state index >= 15 is 0 Å². The molecule has 7 aromatic heterocycles. The fourth-order valence-corrected chi connectivity index (χ4v) is 9.58. The van der Waals surface area contributed by atoms with E-state index < -0.39 is 0 Å². The third-order valence-corrected chi connectivity index (χ3v) is 13.1. The van der Waals surface area contributed by atoms with Gasteiger partial charge in [-0.3, -0.25) is 33.5 Å². The standard InChI is InChI=1S/C48H53ClN16O4/c1-28-20-51-37(30(3)42(28)69-5)26-63-24-32(41-43(49)56-47(50)57-45(41)63)10-8-9-15-64-25-33(59-60-64)21-53-39(67)27-61-16-18-62(19-17-61)35-13-14-38(52-22-35)55-48-54-23-36-29(2)40(31(4)66)46(68)65(44(36)58-48)34-11-6-7-12-34/h13-14,20,22-25,34H,6-7,9,11-12,15-19,21,26-27H2,1-5H3,(H,53,67)(H2,50,56,57)(H,52,54,55,58). The quantitative estimate of drug-likeness (QED) is 0.0733. The molecular formula is C48H53ClN16O4. The molecule has 1 aliphatic heterocycles. The molecule has 0 radical (unpaired) electrons. The summed E-state index contributed by atoms with van der Waals surface area (Å²) in [4.78, 5) is 70.6. The lowest BCUT2D eigenvalue weighted by molar-refractivity contribution is -0.122. The summed E-state index contributed by atoms with van der Waals surface area (Å²) >= 11 is 6.57. The molecule has 2 fully saturated rings. The minimum Gasteiger partial charge on any atom is -0.496 e. The zero-order chi connectivity index (χ0) is 48.3. The molecule has 69 heavy (non-hydrogen) atoms. The number of Topliss-reactive ketones (excluding diaryl/α,β-unsaturated/α-hetero) is 1. The van der Waals surface area contributed by atoms with Crippen LogP contribution < -0.4 is 31.6 Å². The Morgan fingerprint density at radius 2 is 1.75 bits per heavy atom. The second kappa shape index (κ2) is 20.0. The molecule has 21 heteroatoms. The average molecular weight is 954 g/mol. The van der Waals surface area contributed by atoms with Crippen molar-refractivity contribution in [2.45, 2.75) is 85.5 Å². The lowest BCUT2D eigenvalue weighted by Gasteiger charge is -2.35. The number of methoxy groups -OCH3 is 1. The monoisotopic (exact) mass is 952 g/mol. The van der Waals surface area contributed by atoms with E-state index in [1.54, 1.807) is 48.1 Å². The number of anilines is 4. The maximum atomic E-state index is 13.6. The Morgan fingerprint density at radius 3 is 2.49 bits per heavy atom. The molecule has 0 atom stereocenters. The Kier molecular flexibility index (Phi) is 13.5. The molecule has 8 heterocycles. The van der Waals surface area contributed by atoms with E-state index in [4.69, 9.17) is 27.1 Å². The topological polar surface area (TPSA) is 235 Å². The van der Waals surface area contributed by atoms with Crippen molar-refractivity contribution >= 4 is 68.8 Å².